The van der Waals surface area contributed by atoms with Crippen molar-refractivity contribution in [3.05, 3.63) is 70.3 Å². The van der Waals surface area contributed by atoms with E-state index in [2.05, 4.69) is 44.2 Å². The van der Waals surface area contributed by atoms with Gasteiger partial charge >= 0.3 is 0 Å². The lowest BCUT2D eigenvalue weighted by atomic mass is 9.86. The Hall–Kier alpha value is -1.60. The molecule has 3 rings (SSSR count). The summed E-state index contributed by atoms with van der Waals surface area (Å²) in [5.74, 6) is 0. The van der Waals surface area contributed by atoms with Crippen LogP contribution in [0.3, 0.4) is 0 Å². The third-order valence-electron chi connectivity index (χ3n) is 3.96. The molecule has 0 saturated heterocycles. The van der Waals surface area contributed by atoms with Crippen molar-refractivity contribution in [1.82, 2.24) is 0 Å². The van der Waals surface area contributed by atoms with E-state index in [1.165, 1.54) is 16.7 Å². The number of rotatable bonds is 1. The Kier molecular flexibility index (Phi) is 2.53. The average Bonchev–Trinajstić information content (AvgIpc) is 2.68. The second-order valence-electron chi connectivity index (χ2n) is 5.39. The molecule has 0 aromatic heterocycles. The Morgan fingerprint density at radius 3 is 2.56 bits per heavy atom. The predicted octanol–water partition coefficient (Wildman–Crippen LogP) is 3.49. The van der Waals surface area contributed by atoms with Gasteiger partial charge in [0.05, 0.1) is 0 Å². The Labute approximate surface area is 108 Å². The molecule has 0 fully saturated rings. The number of aliphatic hydroxyl groups is 1. The average molecular weight is 238 g/mol. The molecule has 0 spiro atoms. The minimum Gasteiger partial charge on any atom is -0.380 e. The summed E-state index contributed by atoms with van der Waals surface area (Å²) in [6.45, 7) is 4.15. The Bertz CT molecular complexity index is 600. The highest BCUT2D eigenvalue weighted by atomic mass is 16.3. The first kappa shape index (κ1) is 11.5. The van der Waals surface area contributed by atoms with Crippen molar-refractivity contribution in [2.24, 2.45) is 0 Å². The first-order chi connectivity index (χ1) is 8.59. The van der Waals surface area contributed by atoms with Gasteiger partial charge in [-0.3, -0.25) is 0 Å². The molecule has 1 atom stereocenters. The summed E-state index contributed by atoms with van der Waals surface area (Å²) in [6, 6.07) is 14.6. The molecule has 1 aliphatic rings. The van der Waals surface area contributed by atoms with Gasteiger partial charge in [0.1, 0.15) is 5.60 Å². The van der Waals surface area contributed by atoms with E-state index in [-0.39, 0.29) is 0 Å². The molecule has 0 radical (unpaired) electrons. The van der Waals surface area contributed by atoms with Crippen LogP contribution in [0.5, 0.6) is 0 Å². The lowest BCUT2D eigenvalue weighted by molar-refractivity contribution is 0.0828. The molecule has 92 valence electrons. The molecule has 1 unspecified atom stereocenters. The summed E-state index contributed by atoms with van der Waals surface area (Å²) < 4.78 is 0. The van der Waals surface area contributed by atoms with E-state index in [9.17, 15) is 5.11 Å². The number of hydrogen-bond donors (Lipinski definition) is 1. The number of fused-ring (bicyclic) bond motifs is 1. The van der Waals surface area contributed by atoms with Gasteiger partial charge < -0.3 is 5.11 Å². The molecular formula is C17H18O. The standard InChI is InChI=1S/C17H18O/c1-12-4-3-5-15(10-12)17(18)9-8-14-7-6-13(2)11-16(14)17/h3-7,10-11,18H,8-9H2,1-2H3. The highest BCUT2D eigenvalue weighted by molar-refractivity contribution is 5.47. The second-order valence-corrected chi connectivity index (χ2v) is 5.39. The molecule has 2 aromatic carbocycles. The fraction of sp³-hybridized carbons (Fsp3) is 0.294. The van der Waals surface area contributed by atoms with Crippen LogP contribution in [0.1, 0.15) is 34.2 Å². The van der Waals surface area contributed by atoms with E-state index >= 15 is 0 Å². The van der Waals surface area contributed by atoms with Crippen LogP contribution in [-0.4, -0.2) is 5.11 Å². The van der Waals surface area contributed by atoms with Crippen LogP contribution in [0.4, 0.5) is 0 Å². The van der Waals surface area contributed by atoms with Crippen molar-refractivity contribution < 1.29 is 5.11 Å². The van der Waals surface area contributed by atoms with Crippen LogP contribution in [0.15, 0.2) is 42.5 Å². The van der Waals surface area contributed by atoms with Crippen LogP contribution in [-0.2, 0) is 12.0 Å². The van der Waals surface area contributed by atoms with Crippen molar-refractivity contribution in [2.75, 3.05) is 0 Å². The van der Waals surface area contributed by atoms with Crippen LogP contribution >= 0.6 is 0 Å². The molecule has 1 N–H and O–H groups in total. The van der Waals surface area contributed by atoms with Crippen molar-refractivity contribution in [3.63, 3.8) is 0 Å². The highest BCUT2D eigenvalue weighted by Crippen LogP contribution is 2.42. The summed E-state index contributed by atoms with van der Waals surface area (Å²) in [4.78, 5) is 0. The maximum atomic E-state index is 11.1. The number of aryl methyl sites for hydroxylation is 3. The quantitative estimate of drug-likeness (QED) is 0.806. The zero-order valence-electron chi connectivity index (χ0n) is 10.9. The third-order valence-corrected chi connectivity index (χ3v) is 3.96. The van der Waals surface area contributed by atoms with E-state index < -0.39 is 5.60 Å². The van der Waals surface area contributed by atoms with E-state index in [1.807, 2.05) is 12.1 Å². The molecule has 1 heteroatoms. The zero-order valence-corrected chi connectivity index (χ0v) is 10.9. The lowest BCUT2D eigenvalue weighted by Gasteiger charge is -2.25. The Balaban J connectivity index is 2.16. The van der Waals surface area contributed by atoms with Crippen molar-refractivity contribution in [3.8, 4) is 0 Å². The summed E-state index contributed by atoms with van der Waals surface area (Å²) in [7, 11) is 0. The van der Waals surface area contributed by atoms with Crippen LogP contribution in [0, 0.1) is 13.8 Å². The molecule has 0 amide bonds. The van der Waals surface area contributed by atoms with Crippen molar-refractivity contribution in [2.45, 2.75) is 32.3 Å². The lowest BCUT2D eigenvalue weighted by Crippen LogP contribution is -2.24. The van der Waals surface area contributed by atoms with Gasteiger partial charge in [0, 0.05) is 0 Å². The highest BCUT2D eigenvalue weighted by Gasteiger charge is 2.38. The normalized spacial score (nSPS) is 21.9. The maximum absolute atomic E-state index is 11.1. The van der Waals surface area contributed by atoms with Crippen LogP contribution in [0.25, 0.3) is 0 Å². The topological polar surface area (TPSA) is 20.2 Å². The van der Waals surface area contributed by atoms with Gasteiger partial charge in [-0.2, -0.15) is 0 Å². The maximum Gasteiger partial charge on any atom is 0.115 e. The molecule has 0 bridgehead atoms. The van der Waals surface area contributed by atoms with E-state index in [0.717, 1.165) is 24.0 Å². The SMILES string of the molecule is Cc1cccc(C2(O)CCc3ccc(C)cc32)c1. The molecule has 1 aliphatic carbocycles. The third kappa shape index (κ3) is 1.67. The van der Waals surface area contributed by atoms with E-state index in [4.69, 9.17) is 0 Å². The molecule has 1 nitrogen and oxygen atoms in total. The first-order valence-electron chi connectivity index (χ1n) is 6.49. The largest absolute Gasteiger partial charge is 0.380 e. The molecule has 0 aliphatic heterocycles. The first-order valence-corrected chi connectivity index (χ1v) is 6.49. The van der Waals surface area contributed by atoms with Gasteiger partial charge in [-0.25, -0.2) is 0 Å². The van der Waals surface area contributed by atoms with Crippen LogP contribution in [0.2, 0.25) is 0 Å². The summed E-state index contributed by atoms with van der Waals surface area (Å²) in [5.41, 5.74) is 5.00. The van der Waals surface area contributed by atoms with Gasteiger partial charge in [-0.1, -0.05) is 53.6 Å². The van der Waals surface area contributed by atoms with Crippen LogP contribution < -0.4 is 0 Å². The van der Waals surface area contributed by atoms with E-state index in [0.29, 0.717) is 0 Å². The fourth-order valence-electron chi connectivity index (χ4n) is 2.95. The molecule has 2 aromatic rings. The number of hydrogen-bond acceptors (Lipinski definition) is 1. The van der Waals surface area contributed by atoms with Crippen molar-refractivity contribution >= 4 is 0 Å². The molecule has 0 heterocycles. The van der Waals surface area contributed by atoms with Gasteiger partial charge in [0.15, 0.2) is 0 Å². The van der Waals surface area contributed by atoms with Gasteiger partial charge in [0.2, 0.25) is 0 Å². The number of benzene rings is 2. The fourth-order valence-corrected chi connectivity index (χ4v) is 2.95. The van der Waals surface area contributed by atoms with Crippen molar-refractivity contribution in [1.29, 1.82) is 0 Å². The second kappa shape index (κ2) is 3.96. The Morgan fingerprint density at radius 1 is 1.00 bits per heavy atom. The smallest absolute Gasteiger partial charge is 0.115 e. The van der Waals surface area contributed by atoms with Gasteiger partial charge in [-0.05, 0) is 43.4 Å². The van der Waals surface area contributed by atoms with Gasteiger partial charge in [0.25, 0.3) is 0 Å². The Morgan fingerprint density at radius 2 is 1.78 bits per heavy atom. The summed E-state index contributed by atoms with van der Waals surface area (Å²) >= 11 is 0. The predicted molar refractivity (Wildman–Crippen MR) is 73.7 cm³/mol. The summed E-state index contributed by atoms with van der Waals surface area (Å²) in [6.07, 6.45) is 1.75. The summed E-state index contributed by atoms with van der Waals surface area (Å²) in [5, 5.41) is 11.1. The van der Waals surface area contributed by atoms with Gasteiger partial charge in [-0.15, -0.1) is 0 Å². The molecule has 18 heavy (non-hydrogen) atoms. The molecule has 0 saturated carbocycles. The monoisotopic (exact) mass is 238 g/mol. The van der Waals surface area contributed by atoms with E-state index in [1.54, 1.807) is 0 Å². The molecular weight excluding hydrogens is 220 g/mol. The zero-order chi connectivity index (χ0) is 12.8. The minimum absolute atomic E-state index is 0.787. The minimum atomic E-state index is -0.798.